The topological polar surface area (TPSA) is 14.2 Å². The zero-order valence-corrected chi connectivity index (χ0v) is 14.3. The highest BCUT2D eigenvalue weighted by atomic mass is 16.5. The summed E-state index contributed by atoms with van der Waals surface area (Å²) in [7, 11) is 0. The van der Waals surface area contributed by atoms with Crippen molar-refractivity contribution in [3.05, 3.63) is 70.4 Å². The molecule has 0 spiro atoms. The Balaban J connectivity index is 1.97. The Morgan fingerprint density at radius 2 is 1.70 bits per heavy atom. The highest BCUT2D eigenvalue weighted by Gasteiger charge is 2.30. The molecule has 0 N–H and O–H groups in total. The van der Waals surface area contributed by atoms with E-state index in [2.05, 4.69) is 74.7 Å². The smallest absolute Gasteiger partial charge is 0.123 e. The van der Waals surface area contributed by atoms with Gasteiger partial charge in [-0.2, -0.15) is 0 Å². The lowest BCUT2D eigenvalue weighted by Gasteiger charge is -2.32. The van der Waals surface area contributed by atoms with Crippen LogP contribution in [0.5, 0.6) is 0 Å². The Morgan fingerprint density at radius 3 is 2.43 bits per heavy atom. The Morgan fingerprint density at radius 1 is 1.00 bits per heavy atom. The van der Waals surface area contributed by atoms with E-state index in [-0.39, 0.29) is 12.2 Å². The first-order chi connectivity index (χ1) is 11.0. The van der Waals surface area contributed by atoms with Crippen LogP contribution < -0.4 is 0 Å². The number of rotatable bonds is 1. The van der Waals surface area contributed by atoms with E-state index in [4.69, 9.17) is 4.74 Å². The van der Waals surface area contributed by atoms with Crippen LogP contribution in [0.15, 0.2) is 42.5 Å². The van der Waals surface area contributed by atoms with Gasteiger partial charge in [-0.25, -0.2) is 0 Å². The summed E-state index contributed by atoms with van der Waals surface area (Å²) >= 11 is 0. The molecule has 0 fully saturated rings. The Labute approximate surface area is 137 Å². The van der Waals surface area contributed by atoms with Crippen LogP contribution in [-0.2, 0) is 11.3 Å². The Bertz CT molecular complexity index is 870. The molecule has 0 saturated heterocycles. The molecule has 0 radical (unpaired) electrons. The highest BCUT2D eigenvalue weighted by Crippen LogP contribution is 2.39. The van der Waals surface area contributed by atoms with Crippen LogP contribution >= 0.6 is 0 Å². The van der Waals surface area contributed by atoms with E-state index in [1.807, 2.05) is 0 Å². The lowest BCUT2D eigenvalue weighted by atomic mass is 9.97. The molecule has 2 heterocycles. The molecule has 2 aromatic carbocycles. The molecule has 1 aliphatic heterocycles. The first-order valence-electron chi connectivity index (χ1n) is 8.36. The highest BCUT2D eigenvalue weighted by molar-refractivity contribution is 5.85. The number of hydrogen-bond acceptors (Lipinski definition) is 1. The van der Waals surface area contributed by atoms with E-state index in [9.17, 15) is 0 Å². The van der Waals surface area contributed by atoms with Crippen molar-refractivity contribution < 1.29 is 4.74 Å². The maximum atomic E-state index is 6.40. The second-order valence-corrected chi connectivity index (χ2v) is 6.89. The van der Waals surface area contributed by atoms with Gasteiger partial charge in [-0.1, -0.05) is 47.5 Å². The van der Waals surface area contributed by atoms with Gasteiger partial charge in [0.1, 0.15) is 6.10 Å². The normalized spacial score (nSPS) is 20.7. The number of ether oxygens (including phenoxy) is 1. The monoisotopic (exact) mass is 305 g/mol. The predicted octanol–water partition coefficient (Wildman–Crippen LogP) is 5.07. The summed E-state index contributed by atoms with van der Waals surface area (Å²) in [5.74, 6) is 0. The largest absolute Gasteiger partial charge is 0.362 e. The van der Waals surface area contributed by atoms with Crippen molar-refractivity contribution in [2.75, 3.05) is 0 Å². The number of fused-ring (bicyclic) bond motifs is 3. The summed E-state index contributed by atoms with van der Waals surface area (Å²) < 4.78 is 8.86. The fourth-order valence-electron chi connectivity index (χ4n) is 4.03. The fraction of sp³-hybridized carbons (Fsp3) is 0.333. The molecule has 4 rings (SSSR count). The Hall–Kier alpha value is -2.06. The van der Waals surface area contributed by atoms with Crippen molar-refractivity contribution in [2.45, 2.75) is 46.4 Å². The molecule has 3 aromatic rings. The third-order valence-electron chi connectivity index (χ3n) is 4.88. The summed E-state index contributed by atoms with van der Waals surface area (Å²) in [6.45, 7) is 9.63. The van der Waals surface area contributed by atoms with Crippen molar-refractivity contribution in [1.29, 1.82) is 0 Å². The van der Waals surface area contributed by atoms with Crippen molar-refractivity contribution in [3.8, 4) is 0 Å². The summed E-state index contributed by atoms with van der Waals surface area (Å²) in [6, 6.07) is 15.4. The lowest BCUT2D eigenvalue weighted by molar-refractivity contribution is -0.0146. The molecule has 2 atom stereocenters. The molecule has 1 aromatic heterocycles. The minimum absolute atomic E-state index is 0.0183. The lowest BCUT2D eigenvalue weighted by Crippen LogP contribution is -2.29. The molecule has 0 unspecified atom stereocenters. The van der Waals surface area contributed by atoms with Gasteiger partial charge in [0.15, 0.2) is 0 Å². The van der Waals surface area contributed by atoms with Gasteiger partial charge < -0.3 is 9.30 Å². The van der Waals surface area contributed by atoms with E-state index in [0.29, 0.717) is 0 Å². The Kier molecular flexibility index (Phi) is 3.31. The van der Waals surface area contributed by atoms with Gasteiger partial charge in [0.2, 0.25) is 0 Å². The third-order valence-corrected chi connectivity index (χ3v) is 4.88. The van der Waals surface area contributed by atoms with Gasteiger partial charge in [-0.15, -0.1) is 0 Å². The minimum Gasteiger partial charge on any atom is -0.362 e. The number of benzene rings is 2. The predicted molar refractivity (Wildman–Crippen MR) is 95.0 cm³/mol. The van der Waals surface area contributed by atoms with Crippen LogP contribution in [0, 0.1) is 20.8 Å². The van der Waals surface area contributed by atoms with Crippen LogP contribution in [-0.4, -0.2) is 10.7 Å². The van der Waals surface area contributed by atoms with Crippen molar-refractivity contribution in [3.63, 3.8) is 0 Å². The van der Waals surface area contributed by atoms with Crippen LogP contribution in [0.2, 0.25) is 0 Å². The van der Waals surface area contributed by atoms with E-state index in [0.717, 1.165) is 6.54 Å². The standard InChI is InChI=1S/C21H23NO/c1-13-9-14(2)11-17(10-13)21-20-16(4)18-7-5-6-8-19(18)22(20)12-15(3)23-21/h5-11,15,21H,12H2,1-4H3/t15-,21+/m0/s1. The van der Waals surface area contributed by atoms with Crippen LogP contribution in [0.4, 0.5) is 0 Å². The zero-order chi connectivity index (χ0) is 16.1. The molecule has 2 nitrogen and oxygen atoms in total. The molecule has 2 heteroatoms. The minimum atomic E-state index is 0.0183. The van der Waals surface area contributed by atoms with E-state index >= 15 is 0 Å². The summed E-state index contributed by atoms with van der Waals surface area (Å²) in [5.41, 5.74) is 7.83. The van der Waals surface area contributed by atoms with Crippen molar-refractivity contribution in [2.24, 2.45) is 0 Å². The van der Waals surface area contributed by atoms with Gasteiger partial charge in [0.05, 0.1) is 11.8 Å². The van der Waals surface area contributed by atoms with Gasteiger partial charge >= 0.3 is 0 Å². The average Bonchev–Trinajstić information content (AvgIpc) is 2.79. The molecule has 1 aliphatic rings. The summed E-state index contributed by atoms with van der Waals surface area (Å²) in [4.78, 5) is 0. The number of aromatic nitrogens is 1. The first-order valence-corrected chi connectivity index (χ1v) is 8.36. The number of aryl methyl sites for hydroxylation is 3. The van der Waals surface area contributed by atoms with Crippen molar-refractivity contribution >= 4 is 10.9 Å². The van der Waals surface area contributed by atoms with Crippen LogP contribution in [0.25, 0.3) is 10.9 Å². The molecule has 118 valence electrons. The molecule has 0 saturated carbocycles. The first kappa shape index (κ1) is 14.5. The van der Waals surface area contributed by atoms with Crippen LogP contribution in [0.1, 0.15) is 41.0 Å². The maximum absolute atomic E-state index is 6.40. The fourth-order valence-corrected chi connectivity index (χ4v) is 4.03. The van der Waals surface area contributed by atoms with Gasteiger partial charge in [0.25, 0.3) is 0 Å². The molecule has 0 aliphatic carbocycles. The number of para-hydroxylation sites is 1. The second kappa shape index (κ2) is 5.24. The quantitative estimate of drug-likeness (QED) is 0.612. The maximum Gasteiger partial charge on any atom is 0.123 e. The average molecular weight is 305 g/mol. The van der Waals surface area contributed by atoms with Gasteiger partial charge in [-0.05, 0) is 44.9 Å². The number of nitrogens with zero attached hydrogens (tertiary/aromatic N) is 1. The SMILES string of the molecule is Cc1cc(C)cc([C@H]2O[C@@H](C)Cn3c2c(C)c2ccccc23)c1. The zero-order valence-electron chi connectivity index (χ0n) is 14.3. The molecule has 23 heavy (non-hydrogen) atoms. The molecular weight excluding hydrogens is 282 g/mol. The molecule has 0 amide bonds. The molecular formula is C21H23NO. The van der Waals surface area contributed by atoms with Crippen molar-refractivity contribution in [1.82, 2.24) is 4.57 Å². The summed E-state index contributed by atoms with van der Waals surface area (Å²) in [6.07, 6.45) is 0.230. The third kappa shape index (κ3) is 2.29. The van der Waals surface area contributed by atoms with Crippen LogP contribution in [0.3, 0.4) is 0 Å². The van der Waals surface area contributed by atoms with E-state index in [1.165, 1.54) is 38.9 Å². The van der Waals surface area contributed by atoms with E-state index in [1.54, 1.807) is 0 Å². The van der Waals surface area contributed by atoms with Gasteiger partial charge in [-0.3, -0.25) is 0 Å². The molecule has 0 bridgehead atoms. The van der Waals surface area contributed by atoms with E-state index < -0.39 is 0 Å². The second-order valence-electron chi connectivity index (χ2n) is 6.89. The van der Waals surface area contributed by atoms with Gasteiger partial charge in [0, 0.05) is 17.4 Å². The number of hydrogen-bond donors (Lipinski definition) is 0. The summed E-state index contributed by atoms with van der Waals surface area (Å²) in [5, 5.41) is 1.34.